The van der Waals surface area contributed by atoms with Gasteiger partial charge in [0.25, 0.3) is 5.56 Å². The lowest BCUT2D eigenvalue weighted by atomic mass is 10.2. The van der Waals surface area contributed by atoms with Crippen LogP contribution in [0.1, 0.15) is 11.1 Å². The summed E-state index contributed by atoms with van der Waals surface area (Å²) < 4.78 is 16.4. The smallest absolute Gasteiger partial charge is 0.264 e. The minimum absolute atomic E-state index is 0.217. The molecule has 4 rings (SSSR count). The second-order valence-corrected chi connectivity index (χ2v) is 6.95. The van der Waals surface area contributed by atoms with Crippen molar-refractivity contribution in [2.24, 2.45) is 0 Å². The number of fused-ring (bicyclic) bond motifs is 1. The van der Waals surface area contributed by atoms with Crippen molar-refractivity contribution in [2.75, 3.05) is 6.54 Å². The van der Waals surface area contributed by atoms with Crippen molar-refractivity contribution in [3.05, 3.63) is 100 Å². The van der Waals surface area contributed by atoms with Gasteiger partial charge in [-0.2, -0.15) is 5.10 Å². The number of rotatable bonds is 7. The van der Waals surface area contributed by atoms with E-state index in [9.17, 15) is 14.0 Å². The quantitative estimate of drug-likeness (QED) is 0.469. The van der Waals surface area contributed by atoms with Crippen molar-refractivity contribution in [3.63, 3.8) is 0 Å². The molecule has 0 atom stereocenters. The Labute approximate surface area is 177 Å². The molecule has 2 aromatic heterocycles. The molecule has 0 unspecified atom stereocenters. The zero-order chi connectivity index (χ0) is 21.6. The van der Waals surface area contributed by atoms with Gasteiger partial charge in [-0.1, -0.05) is 42.5 Å². The molecule has 0 aliphatic carbocycles. The Bertz CT molecular complexity index is 1290. The highest BCUT2D eigenvalue weighted by atomic mass is 19.1. The van der Waals surface area contributed by atoms with E-state index in [0.717, 1.165) is 5.56 Å². The molecule has 0 saturated carbocycles. The number of amides is 1. The maximum atomic E-state index is 13.4. The zero-order valence-electron chi connectivity index (χ0n) is 16.6. The Morgan fingerprint density at radius 1 is 1.13 bits per heavy atom. The van der Waals surface area contributed by atoms with Crippen LogP contribution in [0.3, 0.4) is 0 Å². The molecule has 4 aromatic rings. The summed E-state index contributed by atoms with van der Waals surface area (Å²) in [6, 6.07) is 15.6. The number of halogens is 1. The van der Waals surface area contributed by atoms with Crippen LogP contribution in [-0.2, 0) is 17.9 Å². The lowest BCUT2D eigenvalue weighted by molar-refractivity contribution is -0.116. The van der Waals surface area contributed by atoms with E-state index in [4.69, 9.17) is 0 Å². The van der Waals surface area contributed by atoms with Crippen LogP contribution in [0.2, 0.25) is 0 Å². The maximum Gasteiger partial charge on any atom is 0.264 e. The predicted octanol–water partition coefficient (Wildman–Crippen LogP) is 2.61. The number of aromatic nitrogens is 4. The van der Waals surface area contributed by atoms with Gasteiger partial charge in [-0.05, 0) is 29.3 Å². The van der Waals surface area contributed by atoms with Crippen LogP contribution < -0.4 is 10.9 Å². The summed E-state index contributed by atoms with van der Waals surface area (Å²) in [5.74, 6) is -0.571. The molecule has 0 radical (unpaired) electrons. The number of benzene rings is 2. The fourth-order valence-electron chi connectivity index (χ4n) is 3.19. The van der Waals surface area contributed by atoms with E-state index >= 15 is 0 Å². The Morgan fingerprint density at radius 2 is 1.97 bits per heavy atom. The highest BCUT2D eigenvalue weighted by Gasteiger charge is 2.11. The van der Waals surface area contributed by atoms with Crippen LogP contribution in [-0.4, -0.2) is 31.8 Å². The molecule has 1 amide bonds. The summed E-state index contributed by atoms with van der Waals surface area (Å²) in [6.07, 6.45) is 6.10. The third kappa shape index (κ3) is 4.92. The molecule has 0 spiro atoms. The number of carbonyl (C=O) groups is 1. The van der Waals surface area contributed by atoms with Crippen LogP contribution >= 0.6 is 0 Å². The van der Waals surface area contributed by atoms with Gasteiger partial charge in [-0.25, -0.2) is 14.1 Å². The van der Waals surface area contributed by atoms with Crippen molar-refractivity contribution in [1.82, 2.24) is 24.6 Å². The van der Waals surface area contributed by atoms with Crippen LogP contribution in [0, 0.1) is 5.82 Å². The number of carbonyl (C=O) groups excluding carboxylic acids is 1. The van der Waals surface area contributed by atoms with E-state index in [0.29, 0.717) is 29.7 Å². The van der Waals surface area contributed by atoms with E-state index in [1.165, 1.54) is 35.3 Å². The number of hydrogen-bond acceptors (Lipinski definition) is 4. The van der Waals surface area contributed by atoms with Gasteiger partial charge >= 0.3 is 0 Å². The fourth-order valence-corrected chi connectivity index (χ4v) is 3.19. The Kier molecular flexibility index (Phi) is 5.98. The summed E-state index contributed by atoms with van der Waals surface area (Å²) in [4.78, 5) is 29.0. The second kappa shape index (κ2) is 9.17. The zero-order valence-corrected chi connectivity index (χ0v) is 16.6. The Balaban J connectivity index is 1.40. The minimum atomic E-state index is -0.354. The van der Waals surface area contributed by atoms with Gasteiger partial charge < -0.3 is 5.32 Å². The molecule has 156 valence electrons. The van der Waals surface area contributed by atoms with E-state index in [1.54, 1.807) is 22.9 Å². The Hall–Kier alpha value is -4.07. The molecule has 2 heterocycles. The first kappa shape index (κ1) is 20.2. The van der Waals surface area contributed by atoms with E-state index in [1.807, 2.05) is 30.3 Å². The lowest BCUT2D eigenvalue weighted by Gasteiger charge is -2.07. The third-order valence-corrected chi connectivity index (χ3v) is 4.71. The van der Waals surface area contributed by atoms with Crippen molar-refractivity contribution in [2.45, 2.75) is 13.1 Å². The normalized spacial score (nSPS) is 11.3. The molecule has 7 nitrogen and oxygen atoms in total. The molecule has 0 bridgehead atoms. The van der Waals surface area contributed by atoms with Gasteiger partial charge in [0, 0.05) is 12.6 Å². The SMILES string of the molecule is O=C(C=Cc1ccccc1)NCCn1ncc2c(=O)n(Cc3cccc(F)c3)cnc21. The first-order valence-corrected chi connectivity index (χ1v) is 9.76. The van der Waals surface area contributed by atoms with Gasteiger partial charge in [0.05, 0.1) is 19.3 Å². The van der Waals surface area contributed by atoms with Crippen molar-refractivity contribution in [1.29, 1.82) is 0 Å². The molecule has 8 heteroatoms. The predicted molar refractivity (Wildman–Crippen MR) is 116 cm³/mol. The summed E-state index contributed by atoms with van der Waals surface area (Å²) in [7, 11) is 0. The fraction of sp³-hybridized carbons (Fsp3) is 0.130. The highest BCUT2D eigenvalue weighted by molar-refractivity contribution is 5.91. The van der Waals surface area contributed by atoms with Gasteiger partial charge in [-0.15, -0.1) is 0 Å². The summed E-state index contributed by atoms with van der Waals surface area (Å²) >= 11 is 0. The van der Waals surface area contributed by atoms with Crippen molar-refractivity contribution in [3.8, 4) is 0 Å². The maximum absolute atomic E-state index is 13.4. The topological polar surface area (TPSA) is 81.8 Å². The molecule has 2 aromatic carbocycles. The van der Waals surface area contributed by atoms with Crippen molar-refractivity contribution < 1.29 is 9.18 Å². The molecule has 0 aliphatic rings. The van der Waals surface area contributed by atoms with Crippen LogP contribution in [0.15, 0.2) is 78.0 Å². The second-order valence-electron chi connectivity index (χ2n) is 6.95. The summed E-state index contributed by atoms with van der Waals surface area (Å²) in [6.45, 7) is 0.923. The number of hydrogen-bond donors (Lipinski definition) is 1. The van der Waals surface area contributed by atoms with Crippen LogP contribution in [0.25, 0.3) is 17.1 Å². The standard InChI is InChI=1S/C23H20FN5O2/c24-19-8-4-7-18(13-19)15-28-16-26-22-20(23(28)31)14-27-29(22)12-11-25-21(30)10-9-17-5-2-1-3-6-17/h1-10,13-14,16H,11-12,15H2,(H,25,30). The van der Waals surface area contributed by atoms with E-state index in [-0.39, 0.29) is 23.8 Å². The summed E-state index contributed by atoms with van der Waals surface area (Å²) in [5.41, 5.74) is 1.79. The van der Waals surface area contributed by atoms with Gasteiger partial charge in [-0.3, -0.25) is 14.2 Å². The van der Waals surface area contributed by atoms with E-state index < -0.39 is 0 Å². The van der Waals surface area contributed by atoms with Crippen LogP contribution in [0.4, 0.5) is 4.39 Å². The molecule has 1 N–H and O–H groups in total. The number of nitrogens with one attached hydrogen (secondary N) is 1. The highest BCUT2D eigenvalue weighted by Crippen LogP contribution is 2.08. The molecular formula is C23H20FN5O2. The first-order chi connectivity index (χ1) is 15.1. The number of nitrogens with zero attached hydrogens (tertiary/aromatic N) is 4. The third-order valence-electron chi connectivity index (χ3n) is 4.71. The molecule has 0 saturated heterocycles. The van der Waals surface area contributed by atoms with Crippen molar-refractivity contribution >= 4 is 23.0 Å². The average Bonchev–Trinajstić information content (AvgIpc) is 3.19. The molecule has 31 heavy (non-hydrogen) atoms. The molecular weight excluding hydrogens is 397 g/mol. The first-order valence-electron chi connectivity index (χ1n) is 9.76. The average molecular weight is 417 g/mol. The summed E-state index contributed by atoms with van der Waals surface area (Å²) in [5, 5.41) is 7.38. The van der Waals surface area contributed by atoms with Gasteiger partial charge in [0.15, 0.2) is 5.65 Å². The Morgan fingerprint density at radius 3 is 2.77 bits per heavy atom. The van der Waals surface area contributed by atoms with E-state index in [2.05, 4.69) is 15.4 Å². The van der Waals surface area contributed by atoms with Crippen LogP contribution in [0.5, 0.6) is 0 Å². The monoisotopic (exact) mass is 417 g/mol. The van der Waals surface area contributed by atoms with Gasteiger partial charge in [0.2, 0.25) is 5.91 Å². The lowest BCUT2D eigenvalue weighted by Crippen LogP contribution is -2.26. The molecule has 0 aliphatic heterocycles. The molecule has 0 fully saturated rings. The minimum Gasteiger partial charge on any atom is -0.351 e. The van der Waals surface area contributed by atoms with Gasteiger partial charge in [0.1, 0.15) is 17.5 Å². The largest absolute Gasteiger partial charge is 0.351 e.